The number of carbonyl (C=O) groups excluding carboxylic acids is 1. The summed E-state index contributed by atoms with van der Waals surface area (Å²) in [6.45, 7) is 2.68. The summed E-state index contributed by atoms with van der Waals surface area (Å²) in [5.41, 5.74) is 1.03. The third-order valence-electron chi connectivity index (χ3n) is 4.34. The number of halogens is 2. The van der Waals surface area contributed by atoms with Gasteiger partial charge >= 0.3 is 0 Å². The molecule has 2 aromatic carbocycles. The Labute approximate surface area is 166 Å². The molecule has 0 fully saturated rings. The number of carbonyl (C=O) groups is 1. The maximum Gasteiger partial charge on any atom is 0.266 e. The predicted octanol–water partition coefficient (Wildman–Crippen LogP) is 4.10. The Hall–Kier alpha value is -2.58. The summed E-state index contributed by atoms with van der Waals surface area (Å²) in [7, 11) is 5.27. The van der Waals surface area contributed by atoms with E-state index in [1.54, 1.807) is 7.11 Å². The summed E-state index contributed by atoms with van der Waals surface area (Å²) in [6.07, 6.45) is 0. The zero-order valence-corrected chi connectivity index (χ0v) is 16.9. The zero-order valence-electron chi connectivity index (χ0n) is 16.1. The number of likely N-dealkylation sites (N-methyl/N-ethyl adjacent to an activating group) is 1. The Balaban J connectivity index is 2.11. The molecule has 0 saturated heterocycles. The van der Waals surface area contributed by atoms with Crippen molar-refractivity contribution in [3.05, 3.63) is 53.1 Å². The van der Waals surface area contributed by atoms with Crippen LogP contribution in [0.5, 0.6) is 5.75 Å². The van der Waals surface area contributed by atoms with Crippen molar-refractivity contribution in [2.24, 2.45) is 0 Å². The number of ether oxygens (including phenoxy) is 1. The Morgan fingerprint density at radius 2 is 1.82 bits per heavy atom. The van der Waals surface area contributed by atoms with Crippen LogP contribution < -0.4 is 9.64 Å². The molecule has 0 atom stereocenters. The minimum atomic E-state index is -0.894. The van der Waals surface area contributed by atoms with Gasteiger partial charge in [-0.1, -0.05) is 23.5 Å². The topological polar surface area (TPSA) is 45.7 Å². The van der Waals surface area contributed by atoms with E-state index in [1.165, 1.54) is 22.3 Å². The second-order valence-corrected chi connectivity index (χ2v) is 7.59. The normalized spacial score (nSPS) is 11.2. The molecule has 3 rings (SSSR count). The Bertz CT molecular complexity index is 1000. The molecule has 0 N–H and O–H groups in total. The van der Waals surface area contributed by atoms with E-state index in [2.05, 4.69) is 4.98 Å². The fourth-order valence-electron chi connectivity index (χ4n) is 2.80. The van der Waals surface area contributed by atoms with Gasteiger partial charge in [0.05, 0.1) is 11.8 Å². The van der Waals surface area contributed by atoms with Crippen molar-refractivity contribution in [1.82, 2.24) is 9.88 Å². The minimum absolute atomic E-state index is 0.237. The van der Waals surface area contributed by atoms with Gasteiger partial charge in [-0.25, -0.2) is 13.8 Å². The first-order valence-electron chi connectivity index (χ1n) is 8.68. The van der Waals surface area contributed by atoms with Crippen molar-refractivity contribution in [2.45, 2.75) is 6.92 Å². The number of benzene rings is 2. The van der Waals surface area contributed by atoms with Crippen LogP contribution in [-0.4, -0.2) is 50.1 Å². The number of hydrogen-bond acceptors (Lipinski definition) is 5. The van der Waals surface area contributed by atoms with Gasteiger partial charge < -0.3 is 9.64 Å². The number of hydrogen-bond donors (Lipinski definition) is 0. The third kappa shape index (κ3) is 3.83. The van der Waals surface area contributed by atoms with Crippen LogP contribution in [0.1, 0.15) is 15.9 Å². The number of rotatable bonds is 6. The highest BCUT2D eigenvalue weighted by atomic mass is 32.1. The first kappa shape index (κ1) is 20.2. The summed E-state index contributed by atoms with van der Waals surface area (Å²) in [5, 5.41) is 0.372. The number of nitrogens with zero attached hydrogens (tertiary/aromatic N) is 3. The van der Waals surface area contributed by atoms with Gasteiger partial charge in [-0.2, -0.15) is 0 Å². The molecule has 0 unspecified atom stereocenters. The SMILES string of the molecule is COc1ccc(C)c2sc(N(CCN(C)C)C(=O)c3c(F)cccc3F)nc12. The van der Waals surface area contributed by atoms with Crippen LogP contribution in [-0.2, 0) is 0 Å². The summed E-state index contributed by atoms with van der Waals surface area (Å²) < 4.78 is 34.7. The highest BCUT2D eigenvalue weighted by Gasteiger charge is 2.27. The van der Waals surface area contributed by atoms with Crippen LogP contribution in [0, 0.1) is 18.6 Å². The first-order valence-corrected chi connectivity index (χ1v) is 9.50. The minimum Gasteiger partial charge on any atom is -0.494 e. The molecule has 3 aromatic rings. The highest BCUT2D eigenvalue weighted by molar-refractivity contribution is 7.22. The van der Waals surface area contributed by atoms with Gasteiger partial charge in [-0.15, -0.1) is 0 Å². The van der Waals surface area contributed by atoms with Gasteiger partial charge in [0.15, 0.2) is 5.13 Å². The number of thiazole rings is 1. The van der Waals surface area contributed by atoms with Crippen LogP contribution in [0.15, 0.2) is 30.3 Å². The van der Waals surface area contributed by atoms with E-state index in [-0.39, 0.29) is 6.54 Å². The van der Waals surface area contributed by atoms with Crippen LogP contribution in [0.25, 0.3) is 10.2 Å². The monoisotopic (exact) mass is 405 g/mol. The van der Waals surface area contributed by atoms with E-state index < -0.39 is 23.1 Å². The summed E-state index contributed by atoms with van der Waals surface area (Å²) in [6, 6.07) is 7.10. The lowest BCUT2D eigenvalue weighted by Gasteiger charge is -2.22. The molecule has 8 heteroatoms. The molecule has 0 spiro atoms. The second kappa shape index (κ2) is 8.20. The molecule has 0 saturated carbocycles. The lowest BCUT2D eigenvalue weighted by molar-refractivity contribution is 0.0977. The zero-order chi connectivity index (χ0) is 20.4. The number of aromatic nitrogens is 1. The maximum atomic E-state index is 14.2. The van der Waals surface area contributed by atoms with Gasteiger partial charge in [-0.3, -0.25) is 9.69 Å². The van der Waals surface area contributed by atoms with Gasteiger partial charge in [-0.05, 0) is 44.8 Å². The van der Waals surface area contributed by atoms with Gasteiger partial charge in [0.2, 0.25) is 0 Å². The van der Waals surface area contributed by atoms with Crippen molar-refractivity contribution in [3.8, 4) is 5.75 Å². The number of amides is 1. The van der Waals surface area contributed by atoms with Crippen molar-refractivity contribution < 1.29 is 18.3 Å². The highest BCUT2D eigenvalue weighted by Crippen LogP contribution is 2.37. The number of fused-ring (bicyclic) bond motifs is 1. The number of methoxy groups -OCH3 is 1. The third-order valence-corrected chi connectivity index (χ3v) is 5.55. The quantitative estimate of drug-likeness (QED) is 0.620. The maximum absolute atomic E-state index is 14.2. The number of aryl methyl sites for hydroxylation is 1. The Morgan fingerprint density at radius 1 is 1.14 bits per heavy atom. The van der Waals surface area contributed by atoms with E-state index in [1.807, 2.05) is 38.1 Å². The van der Waals surface area contributed by atoms with Gasteiger partial charge in [0.1, 0.15) is 28.5 Å². The van der Waals surface area contributed by atoms with Crippen molar-refractivity contribution in [2.75, 3.05) is 39.2 Å². The molecular formula is C20H21F2N3O2S. The van der Waals surface area contributed by atoms with Crippen LogP contribution >= 0.6 is 11.3 Å². The molecule has 0 aliphatic heterocycles. The molecule has 148 valence electrons. The Kier molecular flexibility index (Phi) is 5.90. The molecule has 0 radical (unpaired) electrons. The van der Waals surface area contributed by atoms with Gasteiger partial charge in [0.25, 0.3) is 5.91 Å². The molecule has 0 aliphatic rings. The second-order valence-electron chi connectivity index (χ2n) is 6.62. The molecular weight excluding hydrogens is 384 g/mol. The van der Waals surface area contributed by atoms with E-state index in [4.69, 9.17) is 4.74 Å². The predicted molar refractivity (Wildman–Crippen MR) is 107 cm³/mol. The number of anilines is 1. The van der Waals surface area contributed by atoms with Crippen molar-refractivity contribution in [3.63, 3.8) is 0 Å². The summed E-state index contributed by atoms with van der Waals surface area (Å²) in [4.78, 5) is 20.9. The fourth-order valence-corrected chi connectivity index (χ4v) is 3.88. The molecule has 1 heterocycles. The lowest BCUT2D eigenvalue weighted by Crippen LogP contribution is -2.37. The van der Waals surface area contributed by atoms with E-state index in [0.717, 1.165) is 22.4 Å². The Morgan fingerprint density at radius 3 is 2.43 bits per heavy atom. The van der Waals surface area contributed by atoms with Crippen LogP contribution in [0.3, 0.4) is 0 Å². The average molecular weight is 405 g/mol. The average Bonchev–Trinajstić information content (AvgIpc) is 3.08. The molecule has 1 amide bonds. The lowest BCUT2D eigenvalue weighted by atomic mass is 10.1. The smallest absolute Gasteiger partial charge is 0.266 e. The van der Waals surface area contributed by atoms with Crippen LogP contribution in [0.4, 0.5) is 13.9 Å². The molecule has 1 aromatic heterocycles. The summed E-state index contributed by atoms with van der Waals surface area (Å²) >= 11 is 1.30. The van der Waals surface area contributed by atoms with E-state index in [9.17, 15) is 13.6 Å². The van der Waals surface area contributed by atoms with Crippen molar-refractivity contribution >= 4 is 32.6 Å². The fraction of sp³-hybridized carbons (Fsp3) is 0.300. The van der Waals surface area contributed by atoms with Gasteiger partial charge in [0, 0.05) is 13.1 Å². The molecule has 5 nitrogen and oxygen atoms in total. The first-order chi connectivity index (χ1) is 13.3. The molecule has 0 bridgehead atoms. The van der Waals surface area contributed by atoms with E-state index in [0.29, 0.717) is 22.9 Å². The summed E-state index contributed by atoms with van der Waals surface area (Å²) in [5.74, 6) is -1.96. The standard InChI is InChI=1S/C20H21F2N3O2S/c1-12-8-9-15(27-4)17-18(12)28-20(23-17)25(11-10-24(2)3)19(26)16-13(21)6-5-7-14(16)22/h5-9H,10-11H2,1-4H3. The van der Waals surface area contributed by atoms with Crippen LogP contribution in [0.2, 0.25) is 0 Å². The van der Waals surface area contributed by atoms with E-state index >= 15 is 0 Å². The molecule has 28 heavy (non-hydrogen) atoms. The molecule has 0 aliphatic carbocycles. The van der Waals surface area contributed by atoms with Crippen molar-refractivity contribution in [1.29, 1.82) is 0 Å². The largest absolute Gasteiger partial charge is 0.494 e.